The number of amides is 1. The molecule has 3 nitrogen and oxygen atoms in total. The Morgan fingerprint density at radius 1 is 1.00 bits per heavy atom. The number of thioether (sulfide) groups is 1. The van der Waals surface area contributed by atoms with Gasteiger partial charge in [-0.05, 0) is 42.7 Å². The van der Waals surface area contributed by atoms with Crippen molar-refractivity contribution < 1.29 is 4.79 Å². The number of rotatable bonds is 5. The molecule has 0 aliphatic rings. The van der Waals surface area contributed by atoms with Gasteiger partial charge in [0.25, 0.3) is 0 Å². The van der Waals surface area contributed by atoms with Crippen LogP contribution in [0.2, 0.25) is 10.0 Å². The van der Waals surface area contributed by atoms with Crippen LogP contribution in [0.3, 0.4) is 0 Å². The highest BCUT2D eigenvalue weighted by atomic mass is 35.5. The minimum absolute atomic E-state index is 0.387. The number of nitrogens with two attached hydrogens (primary N) is 1. The highest BCUT2D eigenvalue weighted by Gasteiger charge is 2.26. The van der Waals surface area contributed by atoms with E-state index in [9.17, 15) is 4.79 Å². The molecule has 2 aromatic carbocycles. The Kier molecular flexibility index (Phi) is 5.87. The van der Waals surface area contributed by atoms with Gasteiger partial charge in [-0.15, -0.1) is 11.8 Å². The van der Waals surface area contributed by atoms with Crippen molar-refractivity contribution in [1.82, 2.24) is 4.98 Å². The van der Waals surface area contributed by atoms with E-state index in [0.717, 1.165) is 11.3 Å². The SMILES string of the molecule is CSc1ccc(-c2cccc(C(C(N)=O)c3c(Cl)cccc3Cl)n2)cc1. The van der Waals surface area contributed by atoms with Crippen LogP contribution in [0, 0.1) is 0 Å². The molecule has 3 rings (SSSR count). The van der Waals surface area contributed by atoms with Crippen LogP contribution < -0.4 is 5.73 Å². The summed E-state index contributed by atoms with van der Waals surface area (Å²) in [6.45, 7) is 0. The van der Waals surface area contributed by atoms with E-state index in [-0.39, 0.29) is 0 Å². The number of carbonyl (C=O) groups excluding carboxylic acids is 1. The third-order valence-electron chi connectivity index (χ3n) is 4.03. The van der Waals surface area contributed by atoms with Gasteiger partial charge in [0.2, 0.25) is 5.91 Å². The van der Waals surface area contributed by atoms with Crippen LogP contribution >= 0.6 is 35.0 Å². The third-order valence-corrected chi connectivity index (χ3v) is 5.43. The fourth-order valence-corrected chi connectivity index (χ4v) is 3.78. The lowest BCUT2D eigenvalue weighted by Crippen LogP contribution is -2.24. The van der Waals surface area contributed by atoms with Crippen molar-refractivity contribution in [3.05, 3.63) is 82.0 Å². The zero-order valence-electron chi connectivity index (χ0n) is 13.9. The summed E-state index contributed by atoms with van der Waals surface area (Å²) in [6.07, 6.45) is 2.03. The van der Waals surface area contributed by atoms with Crippen LogP contribution in [0.5, 0.6) is 0 Å². The average molecular weight is 403 g/mol. The summed E-state index contributed by atoms with van der Waals surface area (Å²) in [7, 11) is 0. The lowest BCUT2D eigenvalue weighted by atomic mass is 9.94. The maximum Gasteiger partial charge on any atom is 0.231 e. The Hall–Kier alpha value is -2.01. The second-order valence-corrected chi connectivity index (χ2v) is 7.34. The second-order valence-electron chi connectivity index (χ2n) is 5.65. The molecule has 0 aliphatic carbocycles. The van der Waals surface area contributed by atoms with Crippen LogP contribution in [0.15, 0.2) is 65.6 Å². The number of benzene rings is 2. The van der Waals surface area contributed by atoms with Crippen molar-refractivity contribution in [3.8, 4) is 11.3 Å². The smallest absolute Gasteiger partial charge is 0.231 e. The first-order valence-electron chi connectivity index (χ1n) is 7.86. The highest BCUT2D eigenvalue weighted by Crippen LogP contribution is 2.35. The molecule has 0 aliphatic heterocycles. The topological polar surface area (TPSA) is 56.0 Å². The van der Waals surface area contributed by atoms with Gasteiger partial charge in [-0.2, -0.15) is 0 Å². The minimum Gasteiger partial charge on any atom is -0.369 e. The first-order valence-corrected chi connectivity index (χ1v) is 9.84. The first-order chi connectivity index (χ1) is 12.5. The number of nitrogens with zero attached hydrogens (tertiary/aromatic N) is 1. The molecule has 0 saturated heterocycles. The number of aromatic nitrogens is 1. The van der Waals surface area contributed by atoms with E-state index in [0.29, 0.717) is 21.3 Å². The van der Waals surface area contributed by atoms with E-state index in [1.165, 1.54) is 4.90 Å². The highest BCUT2D eigenvalue weighted by molar-refractivity contribution is 7.98. The Balaban J connectivity index is 2.08. The molecule has 26 heavy (non-hydrogen) atoms. The number of primary amides is 1. The molecule has 1 aromatic heterocycles. The Labute approximate surface area is 166 Å². The van der Waals surface area contributed by atoms with Crippen LogP contribution in [-0.2, 0) is 4.79 Å². The van der Waals surface area contributed by atoms with E-state index >= 15 is 0 Å². The zero-order valence-corrected chi connectivity index (χ0v) is 16.3. The fraction of sp³-hybridized carbons (Fsp3) is 0.100. The Morgan fingerprint density at radius 3 is 2.19 bits per heavy atom. The lowest BCUT2D eigenvalue weighted by molar-refractivity contribution is -0.118. The fourth-order valence-electron chi connectivity index (χ4n) is 2.76. The van der Waals surface area contributed by atoms with E-state index in [1.807, 2.05) is 42.7 Å². The molecule has 0 saturated carbocycles. The van der Waals surface area contributed by atoms with E-state index in [4.69, 9.17) is 28.9 Å². The van der Waals surface area contributed by atoms with Gasteiger partial charge in [-0.1, -0.05) is 47.5 Å². The summed E-state index contributed by atoms with van der Waals surface area (Å²) in [5, 5.41) is 0.774. The average Bonchev–Trinajstić information content (AvgIpc) is 2.64. The molecule has 1 heterocycles. The van der Waals surface area contributed by atoms with Crippen LogP contribution in [-0.4, -0.2) is 17.1 Å². The molecule has 1 amide bonds. The molecule has 3 aromatic rings. The molecule has 0 radical (unpaired) electrons. The standard InChI is InChI=1S/C20H16Cl2N2OS/c1-26-13-10-8-12(9-11-13)16-6-3-7-17(24-16)19(20(23)25)18-14(21)4-2-5-15(18)22/h2-11,19H,1H3,(H2,23,25). The predicted octanol–water partition coefficient (Wildman–Crippen LogP) is 5.39. The Morgan fingerprint density at radius 2 is 1.62 bits per heavy atom. The number of hydrogen-bond acceptors (Lipinski definition) is 3. The largest absolute Gasteiger partial charge is 0.369 e. The van der Waals surface area contributed by atoms with Crippen LogP contribution in [0.25, 0.3) is 11.3 Å². The summed E-state index contributed by atoms with van der Waals surface area (Å²) in [5.74, 6) is -1.37. The first kappa shape index (κ1) is 18.8. The van der Waals surface area contributed by atoms with E-state index < -0.39 is 11.8 Å². The van der Waals surface area contributed by atoms with Gasteiger partial charge in [0.1, 0.15) is 5.92 Å². The molecular weight excluding hydrogens is 387 g/mol. The molecule has 0 bridgehead atoms. The van der Waals surface area contributed by atoms with Gasteiger partial charge in [-0.25, -0.2) is 0 Å². The molecule has 1 unspecified atom stereocenters. The van der Waals surface area contributed by atoms with Gasteiger partial charge in [0.05, 0.1) is 11.4 Å². The normalized spacial score (nSPS) is 12.0. The second kappa shape index (κ2) is 8.12. The molecular formula is C20H16Cl2N2OS. The number of pyridine rings is 1. The van der Waals surface area contributed by atoms with E-state index in [1.54, 1.807) is 36.0 Å². The van der Waals surface area contributed by atoms with Crippen molar-refractivity contribution >= 4 is 40.9 Å². The van der Waals surface area contributed by atoms with Gasteiger partial charge < -0.3 is 5.73 Å². The molecule has 0 fully saturated rings. The lowest BCUT2D eigenvalue weighted by Gasteiger charge is -2.17. The number of hydrogen-bond donors (Lipinski definition) is 1. The summed E-state index contributed by atoms with van der Waals surface area (Å²) in [4.78, 5) is 18.0. The number of carbonyl (C=O) groups is 1. The predicted molar refractivity (Wildman–Crippen MR) is 109 cm³/mol. The third kappa shape index (κ3) is 3.88. The van der Waals surface area contributed by atoms with Crippen LogP contribution in [0.1, 0.15) is 17.2 Å². The maximum absolute atomic E-state index is 12.2. The molecule has 132 valence electrons. The van der Waals surface area contributed by atoms with Crippen LogP contribution in [0.4, 0.5) is 0 Å². The van der Waals surface area contributed by atoms with Crippen molar-refractivity contribution in [3.63, 3.8) is 0 Å². The van der Waals surface area contributed by atoms with Gasteiger partial charge in [0.15, 0.2) is 0 Å². The quantitative estimate of drug-likeness (QED) is 0.581. The van der Waals surface area contributed by atoms with Crippen molar-refractivity contribution in [2.75, 3.05) is 6.26 Å². The number of halogens is 2. The zero-order chi connectivity index (χ0) is 18.7. The summed E-state index contributed by atoms with van der Waals surface area (Å²) < 4.78 is 0. The molecule has 2 N–H and O–H groups in total. The van der Waals surface area contributed by atoms with Crippen molar-refractivity contribution in [2.24, 2.45) is 5.73 Å². The van der Waals surface area contributed by atoms with Gasteiger partial charge in [0, 0.05) is 26.1 Å². The van der Waals surface area contributed by atoms with Crippen molar-refractivity contribution in [1.29, 1.82) is 0 Å². The maximum atomic E-state index is 12.2. The monoisotopic (exact) mass is 402 g/mol. The van der Waals surface area contributed by atoms with Gasteiger partial charge >= 0.3 is 0 Å². The molecule has 1 atom stereocenters. The van der Waals surface area contributed by atoms with E-state index in [2.05, 4.69) is 4.98 Å². The van der Waals surface area contributed by atoms with Gasteiger partial charge in [-0.3, -0.25) is 9.78 Å². The molecule has 0 spiro atoms. The summed E-state index contributed by atoms with van der Waals surface area (Å²) in [6, 6.07) is 18.7. The summed E-state index contributed by atoms with van der Waals surface area (Å²) in [5.41, 5.74) is 8.37. The Bertz CT molecular complexity index is 925. The molecule has 6 heteroatoms. The minimum atomic E-state index is -0.818. The summed E-state index contributed by atoms with van der Waals surface area (Å²) >= 11 is 14.2. The van der Waals surface area contributed by atoms with Crippen molar-refractivity contribution in [2.45, 2.75) is 10.8 Å².